The van der Waals surface area contributed by atoms with Gasteiger partial charge in [0.1, 0.15) is 16.5 Å². The number of fused-ring (bicyclic) bond motifs is 1. The lowest BCUT2D eigenvalue weighted by molar-refractivity contribution is 0.521. The number of hydrogen-bond acceptors (Lipinski definition) is 4. The van der Waals surface area contributed by atoms with Crippen LogP contribution in [-0.4, -0.2) is 36.8 Å². The van der Waals surface area contributed by atoms with Crippen molar-refractivity contribution in [3.05, 3.63) is 21.9 Å². The summed E-state index contributed by atoms with van der Waals surface area (Å²) in [7, 11) is -1.08. The van der Waals surface area contributed by atoms with Gasteiger partial charge in [0.15, 0.2) is 0 Å². The molecular formula is C10H8Cl2N4O2S. The number of sulfonamides is 1. The molecule has 0 aliphatic rings. The number of halogens is 2. The lowest BCUT2D eigenvalue weighted by Crippen LogP contribution is -2.23. The zero-order chi connectivity index (χ0) is 14.4. The molecule has 0 saturated heterocycles. The largest absolute Gasteiger partial charge is 0.329 e. The van der Waals surface area contributed by atoms with E-state index in [1.54, 1.807) is 6.07 Å². The van der Waals surface area contributed by atoms with E-state index >= 15 is 0 Å². The second-order valence-corrected chi connectivity index (χ2v) is 6.76. The second kappa shape index (κ2) is 4.65. The smallest absolute Gasteiger partial charge is 0.246 e. The zero-order valence-electron chi connectivity index (χ0n) is 9.90. The highest BCUT2D eigenvalue weighted by molar-refractivity contribution is 7.89. The Morgan fingerprint density at radius 3 is 2.58 bits per heavy atom. The molecule has 6 nitrogen and oxygen atoms in total. The molecule has 0 amide bonds. The molecule has 0 spiro atoms. The Morgan fingerprint density at radius 1 is 1.42 bits per heavy atom. The van der Waals surface area contributed by atoms with Crippen LogP contribution in [0, 0.1) is 11.3 Å². The van der Waals surface area contributed by atoms with Gasteiger partial charge < -0.3 is 4.98 Å². The van der Waals surface area contributed by atoms with Crippen LogP contribution in [-0.2, 0) is 10.0 Å². The lowest BCUT2D eigenvalue weighted by atomic mass is 10.3. The Morgan fingerprint density at radius 2 is 2.05 bits per heavy atom. The lowest BCUT2D eigenvalue weighted by Gasteiger charge is -2.13. The number of aromatic nitrogens is 2. The van der Waals surface area contributed by atoms with Crippen molar-refractivity contribution in [2.75, 3.05) is 14.1 Å². The van der Waals surface area contributed by atoms with Gasteiger partial charge in [-0.15, -0.1) is 0 Å². The molecule has 1 aromatic heterocycles. The molecule has 0 aliphatic heterocycles. The van der Waals surface area contributed by atoms with Crippen LogP contribution < -0.4 is 0 Å². The Labute approximate surface area is 119 Å². The molecule has 1 aromatic carbocycles. The molecular weight excluding hydrogens is 311 g/mol. The van der Waals surface area contributed by atoms with Crippen molar-refractivity contribution in [3.8, 4) is 6.07 Å². The molecule has 19 heavy (non-hydrogen) atoms. The maximum absolute atomic E-state index is 12.3. The predicted octanol–water partition coefficient (Wildman–Crippen LogP) is 1.99. The van der Waals surface area contributed by atoms with Crippen LogP contribution in [0.4, 0.5) is 0 Å². The Bertz CT molecular complexity index is 805. The fraction of sp³-hybridized carbons (Fsp3) is 0.200. The van der Waals surface area contributed by atoms with Crippen LogP contribution in [0.25, 0.3) is 11.0 Å². The summed E-state index contributed by atoms with van der Waals surface area (Å²) in [5.41, 5.74) is 0.436. The van der Waals surface area contributed by atoms with Crippen molar-refractivity contribution in [2.24, 2.45) is 0 Å². The van der Waals surface area contributed by atoms with Crippen LogP contribution >= 0.6 is 23.2 Å². The summed E-state index contributed by atoms with van der Waals surface area (Å²) < 4.78 is 25.5. The summed E-state index contributed by atoms with van der Waals surface area (Å²) in [5, 5.41) is 8.77. The highest BCUT2D eigenvalue weighted by atomic mass is 35.5. The van der Waals surface area contributed by atoms with Crippen molar-refractivity contribution < 1.29 is 8.42 Å². The van der Waals surface area contributed by atoms with Gasteiger partial charge in [0, 0.05) is 14.1 Å². The number of hydrogen-bond donors (Lipinski definition) is 1. The van der Waals surface area contributed by atoms with E-state index in [0.29, 0.717) is 5.52 Å². The third-order valence-corrected chi connectivity index (χ3v) is 5.25. The molecule has 0 radical (unpaired) electrons. The van der Waals surface area contributed by atoms with Gasteiger partial charge in [-0.05, 0) is 6.07 Å². The quantitative estimate of drug-likeness (QED) is 0.916. The van der Waals surface area contributed by atoms with E-state index in [1.165, 1.54) is 20.2 Å². The first-order valence-electron chi connectivity index (χ1n) is 4.99. The number of H-pyrrole nitrogens is 1. The second-order valence-electron chi connectivity index (χ2n) is 3.88. The summed E-state index contributed by atoms with van der Waals surface area (Å²) in [6.07, 6.45) is 0. The Hall–Kier alpha value is -1.33. The first-order valence-corrected chi connectivity index (χ1v) is 7.19. The van der Waals surface area contributed by atoms with Gasteiger partial charge in [-0.1, -0.05) is 23.2 Å². The Kier molecular flexibility index (Phi) is 3.45. The van der Waals surface area contributed by atoms with Gasteiger partial charge >= 0.3 is 0 Å². The normalized spacial score (nSPS) is 12.0. The maximum Gasteiger partial charge on any atom is 0.246 e. The average Bonchev–Trinajstić information content (AvgIpc) is 2.72. The molecule has 1 N–H and O–H groups in total. The minimum absolute atomic E-state index is 0.0106. The molecule has 0 saturated carbocycles. The van der Waals surface area contributed by atoms with E-state index in [2.05, 4.69) is 9.97 Å². The van der Waals surface area contributed by atoms with E-state index in [1.807, 2.05) is 0 Å². The summed E-state index contributed by atoms with van der Waals surface area (Å²) in [4.78, 5) is 6.37. The van der Waals surface area contributed by atoms with Gasteiger partial charge in [-0.2, -0.15) is 5.26 Å². The standard InChI is InChI=1S/C10H8Cl2N4O2S/c1-16(2)19(17,18)10-8(12)5(11)3-6-9(10)15-7(4-13)14-6/h3H,1-2H3,(H,14,15). The maximum atomic E-state index is 12.3. The van der Waals surface area contributed by atoms with E-state index in [9.17, 15) is 8.42 Å². The molecule has 2 aromatic rings. The number of benzene rings is 1. The van der Waals surface area contributed by atoms with Crippen LogP contribution in [0.3, 0.4) is 0 Å². The van der Waals surface area contributed by atoms with Crippen LogP contribution in [0.5, 0.6) is 0 Å². The van der Waals surface area contributed by atoms with E-state index in [4.69, 9.17) is 28.5 Å². The molecule has 100 valence electrons. The molecule has 2 rings (SSSR count). The molecule has 0 fully saturated rings. The highest BCUT2D eigenvalue weighted by Crippen LogP contribution is 2.36. The SMILES string of the molecule is CN(C)S(=O)(=O)c1c(Cl)c(Cl)cc2[nH]c(C#N)nc12. The number of nitriles is 1. The first-order chi connectivity index (χ1) is 8.78. The minimum Gasteiger partial charge on any atom is -0.329 e. The monoisotopic (exact) mass is 318 g/mol. The van der Waals surface area contributed by atoms with Gasteiger partial charge in [-0.25, -0.2) is 17.7 Å². The number of imidazole rings is 1. The average molecular weight is 319 g/mol. The first kappa shape index (κ1) is 14.1. The van der Waals surface area contributed by atoms with Crippen LogP contribution in [0.2, 0.25) is 10.0 Å². The highest BCUT2D eigenvalue weighted by Gasteiger charge is 2.27. The topological polar surface area (TPSA) is 89.9 Å². The molecule has 9 heteroatoms. The van der Waals surface area contributed by atoms with Crippen molar-refractivity contribution in [1.82, 2.24) is 14.3 Å². The summed E-state index contributed by atoms with van der Waals surface area (Å²) >= 11 is 11.9. The zero-order valence-corrected chi connectivity index (χ0v) is 12.2. The van der Waals surface area contributed by atoms with Gasteiger partial charge in [0.2, 0.25) is 15.8 Å². The third-order valence-electron chi connectivity index (χ3n) is 2.47. The minimum atomic E-state index is -3.83. The van der Waals surface area contributed by atoms with Crippen molar-refractivity contribution in [2.45, 2.75) is 4.90 Å². The van der Waals surface area contributed by atoms with Crippen molar-refractivity contribution >= 4 is 44.3 Å². The van der Waals surface area contributed by atoms with Gasteiger partial charge in [-0.3, -0.25) is 0 Å². The molecule has 0 aliphatic carbocycles. The fourth-order valence-corrected chi connectivity index (χ4v) is 3.34. The van der Waals surface area contributed by atoms with Crippen LogP contribution in [0.15, 0.2) is 11.0 Å². The van der Waals surface area contributed by atoms with Gasteiger partial charge in [0.05, 0.1) is 15.6 Å². The number of rotatable bonds is 2. The van der Waals surface area contributed by atoms with E-state index < -0.39 is 10.0 Å². The summed E-state index contributed by atoms with van der Waals surface area (Å²) in [5.74, 6) is -0.0106. The fourth-order valence-electron chi connectivity index (χ4n) is 1.54. The Balaban J connectivity index is 2.97. The third kappa shape index (κ3) is 2.17. The molecule has 0 bridgehead atoms. The van der Waals surface area contributed by atoms with Crippen molar-refractivity contribution in [1.29, 1.82) is 5.26 Å². The van der Waals surface area contributed by atoms with Crippen molar-refractivity contribution in [3.63, 3.8) is 0 Å². The summed E-state index contributed by atoms with van der Waals surface area (Å²) in [6.45, 7) is 0. The number of aromatic amines is 1. The van der Waals surface area contributed by atoms with E-state index in [0.717, 1.165) is 4.31 Å². The van der Waals surface area contributed by atoms with E-state index in [-0.39, 0.29) is 26.3 Å². The van der Waals surface area contributed by atoms with Gasteiger partial charge in [0.25, 0.3) is 0 Å². The molecule has 0 unspecified atom stereocenters. The molecule has 1 heterocycles. The number of nitrogens with zero attached hydrogens (tertiary/aromatic N) is 3. The number of nitrogens with one attached hydrogen (secondary N) is 1. The molecule has 0 atom stereocenters. The summed E-state index contributed by atoms with van der Waals surface area (Å²) in [6, 6.07) is 3.23. The van der Waals surface area contributed by atoms with Crippen LogP contribution in [0.1, 0.15) is 5.82 Å². The predicted molar refractivity (Wildman–Crippen MR) is 71.7 cm³/mol.